The van der Waals surface area contributed by atoms with E-state index in [1.165, 1.54) is 27.7 Å². The number of thioether (sulfide) groups is 1. The third-order valence-corrected chi connectivity index (χ3v) is 11.6. The molecule has 3 aliphatic heterocycles. The largest absolute Gasteiger partial charge is 0.479 e. The Morgan fingerprint density at radius 2 is 1.53 bits per heavy atom. The summed E-state index contributed by atoms with van der Waals surface area (Å²) >= 11 is 0.978. The summed E-state index contributed by atoms with van der Waals surface area (Å²) in [7, 11) is 0. The standard InChI is InChI=1S/C37H50N8O13S/c1-15(2)25-32(53)44-26(27(48)36(56)57)33(54)41-23-13-59-34-19(18-7-5-6-8-20(18)42-34)10-21(29(50)40-22(30(51)43-25)11-37(4,58)14-46)39-28(49)16(3)38-31(52)24-9-17(47)12-45(24)35(23)55/h5-8,15-17,21-27,42,46-48,58H,9-14H2,1-4H3,(H,38,52)(H,39,49)(H,40,50)(H,41,54)(H,43,51)(H,44,53)(H,56,57)/t16-,17-,21-,22-,23-,24-,25-,26+,27-,37?/m0/s1. The minimum absolute atomic E-state index is 0.259. The van der Waals surface area contributed by atoms with Gasteiger partial charge in [0.2, 0.25) is 41.4 Å². The molecule has 0 radical (unpaired) electrons. The Hall–Kier alpha value is -5.29. The number of aliphatic carboxylic acids is 1. The number of amides is 7. The second kappa shape index (κ2) is 18.3. The zero-order valence-corrected chi connectivity index (χ0v) is 33.5. The van der Waals surface area contributed by atoms with Crippen molar-refractivity contribution in [3.63, 3.8) is 0 Å². The lowest BCUT2D eigenvalue weighted by Crippen LogP contribution is -2.64. The number of hydrogen-bond acceptors (Lipinski definition) is 13. The molecule has 0 saturated carbocycles. The van der Waals surface area contributed by atoms with Crippen molar-refractivity contribution in [3.05, 3.63) is 29.8 Å². The molecule has 12 N–H and O–H groups in total. The predicted molar refractivity (Wildman–Crippen MR) is 207 cm³/mol. The first-order valence-corrected chi connectivity index (χ1v) is 20.0. The lowest BCUT2D eigenvalue weighted by atomic mass is 9.95. The van der Waals surface area contributed by atoms with Gasteiger partial charge in [0.15, 0.2) is 6.10 Å². The van der Waals surface area contributed by atoms with Crippen LogP contribution in [0.25, 0.3) is 10.9 Å². The molecule has 21 nitrogen and oxygen atoms in total. The Labute approximate surface area is 341 Å². The summed E-state index contributed by atoms with van der Waals surface area (Å²) in [5.74, 6) is -10.1. The van der Waals surface area contributed by atoms with Gasteiger partial charge < -0.3 is 67.3 Å². The van der Waals surface area contributed by atoms with Crippen LogP contribution in [-0.4, -0.2) is 162 Å². The molecule has 1 aromatic heterocycles. The summed E-state index contributed by atoms with van der Waals surface area (Å²) in [6, 6.07) is -4.38. The highest BCUT2D eigenvalue weighted by Gasteiger charge is 2.45. The van der Waals surface area contributed by atoms with Crippen LogP contribution in [0.2, 0.25) is 0 Å². The van der Waals surface area contributed by atoms with Gasteiger partial charge in [0.25, 0.3) is 0 Å². The molecule has 0 aliphatic carbocycles. The number of fused-ring (bicyclic) bond motifs is 5. The third-order valence-electron chi connectivity index (χ3n) is 10.5. The van der Waals surface area contributed by atoms with Gasteiger partial charge in [-0.25, -0.2) is 4.79 Å². The third kappa shape index (κ3) is 10.3. The van der Waals surface area contributed by atoms with E-state index in [2.05, 4.69) is 36.9 Å². The number of carbonyl (C=O) groups excluding carboxylic acids is 7. The maximum absolute atomic E-state index is 14.4. The molecular formula is C37H50N8O13S. The van der Waals surface area contributed by atoms with E-state index in [1.54, 1.807) is 24.3 Å². The molecule has 1 unspecified atom stereocenters. The molecule has 7 amide bonds. The van der Waals surface area contributed by atoms with Crippen LogP contribution >= 0.6 is 11.8 Å². The fourth-order valence-electron chi connectivity index (χ4n) is 7.14. The number of aromatic amines is 1. The Kier molecular flexibility index (Phi) is 13.9. The minimum Gasteiger partial charge on any atom is -0.479 e. The van der Waals surface area contributed by atoms with Gasteiger partial charge in [-0.05, 0) is 31.4 Å². The van der Waals surface area contributed by atoms with E-state index in [1.807, 2.05) is 0 Å². The van der Waals surface area contributed by atoms with E-state index in [0.29, 0.717) is 21.5 Å². The number of nitrogens with one attached hydrogen (secondary N) is 7. The molecule has 2 bridgehead atoms. The predicted octanol–water partition coefficient (Wildman–Crippen LogP) is -4.04. The fourth-order valence-corrected chi connectivity index (χ4v) is 8.25. The number of nitrogens with zero attached hydrogens (tertiary/aromatic N) is 1. The van der Waals surface area contributed by atoms with E-state index < -0.39 is 126 Å². The number of carboxylic acids is 1. The fraction of sp³-hybridized carbons (Fsp3) is 0.568. The first kappa shape index (κ1) is 44.8. The summed E-state index contributed by atoms with van der Waals surface area (Å²) in [6.45, 7) is 4.26. The van der Waals surface area contributed by atoms with Gasteiger partial charge >= 0.3 is 5.97 Å². The summed E-state index contributed by atoms with van der Waals surface area (Å²) in [5, 5.41) is 67.6. The molecule has 1 saturated heterocycles. The van der Waals surface area contributed by atoms with Crippen LogP contribution in [0, 0.1) is 5.92 Å². The van der Waals surface area contributed by atoms with Crippen molar-refractivity contribution in [3.8, 4) is 0 Å². The first-order chi connectivity index (χ1) is 27.7. The van der Waals surface area contributed by atoms with Gasteiger partial charge in [0, 0.05) is 42.5 Å². The molecule has 322 valence electrons. The highest BCUT2D eigenvalue weighted by atomic mass is 32.2. The van der Waals surface area contributed by atoms with E-state index in [-0.39, 0.29) is 25.1 Å². The van der Waals surface area contributed by atoms with Crippen LogP contribution in [0.4, 0.5) is 0 Å². The monoisotopic (exact) mass is 846 g/mol. The Morgan fingerprint density at radius 3 is 2.19 bits per heavy atom. The molecule has 3 aliphatic rings. The van der Waals surface area contributed by atoms with Gasteiger partial charge in [0.1, 0.15) is 42.3 Å². The average molecular weight is 847 g/mol. The maximum atomic E-state index is 14.4. The summed E-state index contributed by atoms with van der Waals surface area (Å²) in [5.41, 5.74) is -0.960. The van der Waals surface area contributed by atoms with E-state index in [0.717, 1.165) is 16.7 Å². The quantitative estimate of drug-likeness (QED) is 0.132. The number of benzene rings is 1. The maximum Gasteiger partial charge on any atom is 0.335 e. The Morgan fingerprint density at radius 1 is 0.881 bits per heavy atom. The van der Waals surface area contributed by atoms with Gasteiger partial charge in [-0.3, -0.25) is 33.6 Å². The van der Waals surface area contributed by atoms with Crippen molar-refractivity contribution in [2.75, 3.05) is 18.9 Å². The van der Waals surface area contributed by atoms with Crippen LogP contribution in [-0.2, 0) is 44.8 Å². The van der Waals surface area contributed by atoms with Crippen molar-refractivity contribution in [2.45, 2.75) is 112 Å². The van der Waals surface area contributed by atoms with Gasteiger partial charge in [-0.15, -0.1) is 11.8 Å². The number of para-hydroxylation sites is 1. The average Bonchev–Trinajstić information content (AvgIpc) is 3.74. The van der Waals surface area contributed by atoms with Gasteiger partial charge in [0.05, 0.1) is 23.3 Å². The van der Waals surface area contributed by atoms with Crippen LogP contribution in [0.15, 0.2) is 29.3 Å². The van der Waals surface area contributed by atoms with Gasteiger partial charge in [-0.2, -0.15) is 0 Å². The molecule has 22 heteroatoms. The summed E-state index contributed by atoms with van der Waals surface area (Å²) in [6.07, 6.45) is -4.92. The van der Waals surface area contributed by atoms with E-state index >= 15 is 0 Å². The highest BCUT2D eigenvalue weighted by molar-refractivity contribution is 7.99. The van der Waals surface area contributed by atoms with Crippen LogP contribution in [0.5, 0.6) is 0 Å². The SMILES string of the molecule is CC(C)[C@@H]1NC(=O)[C@H](CC(C)(O)CO)NC(=O)[C@@H]2Cc3c([nH]c4ccccc34)SC[C@H](NC(=O)[C@@H]([C@H](O)C(=O)O)NC1=O)C(=O)N1C[C@@H](O)C[C@H]1C(=O)N[C@@H](C)C(=O)N2. The topological polar surface area (TPSA) is 329 Å². The molecule has 4 heterocycles. The second-order valence-corrected chi connectivity index (χ2v) is 16.7. The molecule has 2 aromatic rings. The van der Waals surface area contributed by atoms with Crippen molar-refractivity contribution < 1.29 is 63.9 Å². The molecule has 0 spiro atoms. The van der Waals surface area contributed by atoms with Crippen LogP contribution in [0.1, 0.15) is 46.1 Å². The number of aromatic nitrogens is 1. The van der Waals surface area contributed by atoms with Crippen molar-refractivity contribution in [1.82, 2.24) is 41.8 Å². The molecular weight excluding hydrogens is 797 g/mol. The van der Waals surface area contributed by atoms with Crippen LogP contribution in [0.3, 0.4) is 0 Å². The van der Waals surface area contributed by atoms with E-state index in [4.69, 9.17) is 0 Å². The smallest absolute Gasteiger partial charge is 0.335 e. The number of aliphatic hydroxyl groups is 4. The molecule has 59 heavy (non-hydrogen) atoms. The summed E-state index contributed by atoms with van der Waals surface area (Å²) < 4.78 is 0. The number of carbonyl (C=O) groups is 8. The highest BCUT2D eigenvalue weighted by Crippen LogP contribution is 2.32. The Balaban J connectivity index is 1.73. The zero-order chi connectivity index (χ0) is 43.5. The molecule has 1 aromatic carbocycles. The molecule has 1 fully saturated rings. The first-order valence-electron chi connectivity index (χ1n) is 19.0. The van der Waals surface area contributed by atoms with E-state index in [9.17, 15) is 63.9 Å². The number of hydrogen-bond donors (Lipinski definition) is 12. The minimum atomic E-state index is -2.58. The lowest BCUT2D eigenvalue weighted by molar-refractivity contribution is -0.152. The number of rotatable bonds is 6. The van der Waals surface area contributed by atoms with Crippen molar-refractivity contribution >= 4 is 70.0 Å². The molecule has 5 rings (SSSR count). The Bertz CT molecular complexity index is 1990. The van der Waals surface area contributed by atoms with Crippen molar-refractivity contribution in [2.24, 2.45) is 5.92 Å². The number of H-pyrrole nitrogens is 1. The zero-order valence-electron chi connectivity index (χ0n) is 32.7. The van der Waals surface area contributed by atoms with Crippen LogP contribution < -0.4 is 31.9 Å². The van der Waals surface area contributed by atoms with Crippen molar-refractivity contribution in [1.29, 1.82) is 0 Å². The number of aliphatic hydroxyl groups excluding tert-OH is 3. The lowest BCUT2D eigenvalue weighted by Gasteiger charge is -2.32. The second-order valence-electron chi connectivity index (χ2n) is 15.7. The number of carboxylic acid groups (broad SMARTS) is 1. The summed E-state index contributed by atoms with van der Waals surface area (Å²) in [4.78, 5) is 114. The van der Waals surface area contributed by atoms with Gasteiger partial charge in [-0.1, -0.05) is 32.0 Å². The molecule has 10 atom stereocenters. The normalized spacial score (nSPS) is 29.5.